The fraction of sp³-hybridized carbons (Fsp3) is 0.652. The second-order valence-electron chi connectivity index (χ2n) is 9.19. The van der Waals surface area contributed by atoms with Gasteiger partial charge in [0.2, 0.25) is 17.7 Å². The normalized spacial score (nSPS) is 18.4. The molecule has 0 unspecified atom stereocenters. The molecule has 2 aliphatic rings. The van der Waals surface area contributed by atoms with Crippen molar-refractivity contribution in [2.24, 2.45) is 0 Å². The molecule has 0 radical (unpaired) electrons. The Hall–Kier alpha value is -2.93. The predicted octanol–water partition coefficient (Wildman–Crippen LogP) is 3.40. The van der Waals surface area contributed by atoms with E-state index in [0.717, 1.165) is 38.5 Å². The summed E-state index contributed by atoms with van der Waals surface area (Å²) in [5, 5.41) is 5.64. The summed E-state index contributed by atoms with van der Waals surface area (Å²) in [4.78, 5) is 28.4. The first-order valence-electron chi connectivity index (χ1n) is 12.2. The topological polar surface area (TPSA) is 109 Å². The van der Waals surface area contributed by atoms with Crippen LogP contribution in [0.25, 0.3) is 0 Å². The van der Waals surface area contributed by atoms with Crippen molar-refractivity contribution >= 4 is 23.6 Å². The van der Waals surface area contributed by atoms with Gasteiger partial charge in [0.1, 0.15) is 23.7 Å². The number of alkyl halides is 3. The monoisotopic (exact) mass is 511 g/mol. The van der Waals surface area contributed by atoms with Gasteiger partial charge in [-0.05, 0) is 52.7 Å². The molecular formula is C23H32F3N7O3. The molecule has 2 N–H and O–H groups in total. The molecule has 2 saturated heterocycles. The third-order valence-corrected chi connectivity index (χ3v) is 6.39. The van der Waals surface area contributed by atoms with Crippen molar-refractivity contribution in [2.45, 2.75) is 44.7 Å². The third-order valence-electron chi connectivity index (χ3n) is 6.39. The first-order valence-corrected chi connectivity index (χ1v) is 12.2. The largest absolute Gasteiger partial charge is 0.424 e. The van der Waals surface area contributed by atoms with Crippen LogP contribution in [0, 0.1) is 6.92 Å². The number of likely N-dealkylation sites (tertiary alicyclic amines) is 1. The number of nitrogens with zero attached hydrogens (tertiary/aromatic N) is 5. The average Bonchev–Trinajstić information content (AvgIpc) is 3.06. The van der Waals surface area contributed by atoms with Crippen LogP contribution in [0.2, 0.25) is 0 Å². The maximum absolute atomic E-state index is 13.6. The molecule has 0 atom stereocenters. The Morgan fingerprint density at radius 1 is 1.19 bits per heavy atom. The van der Waals surface area contributed by atoms with Crippen LogP contribution >= 0.6 is 0 Å². The number of aromatic nitrogens is 3. The first kappa shape index (κ1) is 26.1. The van der Waals surface area contributed by atoms with Crippen molar-refractivity contribution in [3.05, 3.63) is 23.3 Å². The van der Waals surface area contributed by atoms with Gasteiger partial charge in [0.05, 0.1) is 0 Å². The number of hydrogen-bond donors (Lipinski definition) is 2. The summed E-state index contributed by atoms with van der Waals surface area (Å²) in [5.74, 6) is 0.652. The van der Waals surface area contributed by atoms with Crippen LogP contribution in [0.4, 0.5) is 30.8 Å². The van der Waals surface area contributed by atoms with Gasteiger partial charge in [0, 0.05) is 38.4 Å². The van der Waals surface area contributed by atoms with E-state index in [0.29, 0.717) is 43.6 Å². The van der Waals surface area contributed by atoms with Crippen LogP contribution in [-0.4, -0.2) is 83.6 Å². The van der Waals surface area contributed by atoms with E-state index in [1.165, 1.54) is 0 Å². The lowest BCUT2D eigenvalue weighted by atomic mass is 9.97. The lowest BCUT2D eigenvalue weighted by Gasteiger charge is -2.26. The van der Waals surface area contributed by atoms with Gasteiger partial charge in [-0.1, -0.05) is 0 Å². The quantitative estimate of drug-likeness (QED) is 0.516. The van der Waals surface area contributed by atoms with Gasteiger partial charge in [-0.25, -0.2) is 9.97 Å². The Morgan fingerprint density at radius 3 is 2.72 bits per heavy atom. The van der Waals surface area contributed by atoms with Gasteiger partial charge >= 0.3 is 6.18 Å². The number of aryl methyl sites for hydroxylation is 1. The zero-order chi connectivity index (χ0) is 25.7. The molecule has 2 fully saturated rings. The van der Waals surface area contributed by atoms with Crippen LogP contribution < -0.4 is 10.6 Å². The molecule has 0 bridgehead atoms. The third kappa shape index (κ3) is 6.64. The molecule has 2 aromatic heterocycles. The standard InChI is InChI=1S/C23H32F3N7O3/c1-15-20(36-21(29-15)16-5-10-32(2)11-6-16)31-22-28-13-17(23(24,25)26)19(30-22)27-7-3-8-33-9-4-12-35-14-18(33)34/h13,16H,3-12,14H2,1-2H3,(H2,27,28,30,31). The number of hydrogen-bond acceptors (Lipinski definition) is 9. The van der Waals surface area contributed by atoms with Crippen molar-refractivity contribution in [1.82, 2.24) is 24.8 Å². The van der Waals surface area contributed by atoms with Crippen LogP contribution in [0.15, 0.2) is 10.6 Å². The fourth-order valence-corrected chi connectivity index (χ4v) is 4.30. The van der Waals surface area contributed by atoms with E-state index in [1.807, 2.05) is 0 Å². The average molecular weight is 512 g/mol. The Kier molecular flexibility index (Phi) is 8.29. The second kappa shape index (κ2) is 11.4. The van der Waals surface area contributed by atoms with Crippen molar-refractivity contribution in [1.29, 1.82) is 0 Å². The maximum Gasteiger partial charge on any atom is 0.421 e. The van der Waals surface area contributed by atoms with Gasteiger partial charge in [0.25, 0.3) is 0 Å². The smallest absolute Gasteiger partial charge is 0.421 e. The minimum Gasteiger partial charge on any atom is -0.424 e. The predicted molar refractivity (Wildman–Crippen MR) is 126 cm³/mol. The summed E-state index contributed by atoms with van der Waals surface area (Å²) < 4.78 is 51.8. The molecule has 0 aliphatic carbocycles. The molecule has 13 heteroatoms. The number of amides is 1. The van der Waals surface area contributed by atoms with Gasteiger partial charge in [-0.15, -0.1) is 0 Å². The first-order chi connectivity index (χ1) is 17.2. The number of halogens is 3. The molecule has 198 valence electrons. The molecule has 4 rings (SSSR count). The van der Waals surface area contributed by atoms with E-state index in [9.17, 15) is 18.0 Å². The molecule has 0 aromatic carbocycles. The van der Waals surface area contributed by atoms with Crippen LogP contribution in [0.1, 0.15) is 48.7 Å². The van der Waals surface area contributed by atoms with E-state index in [4.69, 9.17) is 9.15 Å². The van der Waals surface area contributed by atoms with E-state index < -0.39 is 11.7 Å². The molecule has 0 saturated carbocycles. The molecular weight excluding hydrogens is 479 g/mol. The highest BCUT2D eigenvalue weighted by Crippen LogP contribution is 2.35. The van der Waals surface area contributed by atoms with E-state index in [2.05, 4.69) is 37.5 Å². The van der Waals surface area contributed by atoms with Crippen molar-refractivity contribution in [2.75, 3.05) is 63.6 Å². The lowest BCUT2D eigenvalue weighted by molar-refractivity contribution is -0.137. The van der Waals surface area contributed by atoms with Crippen molar-refractivity contribution in [3.8, 4) is 0 Å². The molecule has 10 nitrogen and oxygen atoms in total. The SMILES string of the molecule is Cc1nc(C2CCN(C)CC2)oc1Nc1ncc(C(F)(F)F)c(NCCCN2CCCOCC2=O)n1. The van der Waals surface area contributed by atoms with E-state index in [-0.39, 0.29) is 36.7 Å². The summed E-state index contributed by atoms with van der Waals surface area (Å²) >= 11 is 0. The number of anilines is 3. The van der Waals surface area contributed by atoms with Crippen LogP contribution in [-0.2, 0) is 15.7 Å². The summed E-state index contributed by atoms with van der Waals surface area (Å²) in [6, 6.07) is 0. The molecule has 1 amide bonds. The highest BCUT2D eigenvalue weighted by molar-refractivity contribution is 5.77. The number of nitrogens with one attached hydrogen (secondary N) is 2. The summed E-state index contributed by atoms with van der Waals surface area (Å²) in [6.45, 7) is 5.42. The Bertz CT molecular complexity index is 1040. The molecule has 2 aromatic rings. The second-order valence-corrected chi connectivity index (χ2v) is 9.19. The Labute approximate surface area is 207 Å². The minimum atomic E-state index is -4.62. The van der Waals surface area contributed by atoms with Gasteiger partial charge in [-0.2, -0.15) is 18.2 Å². The van der Waals surface area contributed by atoms with Crippen LogP contribution in [0.5, 0.6) is 0 Å². The number of piperidine rings is 1. The summed E-state index contributed by atoms with van der Waals surface area (Å²) in [6.07, 6.45) is -0.831. The highest BCUT2D eigenvalue weighted by Gasteiger charge is 2.35. The van der Waals surface area contributed by atoms with Crippen molar-refractivity contribution < 1.29 is 27.1 Å². The maximum atomic E-state index is 13.6. The lowest BCUT2D eigenvalue weighted by Crippen LogP contribution is -2.34. The Balaban J connectivity index is 1.41. The van der Waals surface area contributed by atoms with E-state index in [1.54, 1.807) is 11.8 Å². The van der Waals surface area contributed by atoms with Crippen LogP contribution in [0.3, 0.4) is 0 Å². The zero-order valence-electron chi connectivity index (χ0n) is 20.5. The number of ether oxygens (including phenoxy) is 1. The van der Waals surface area contributed by atoms with Gasteiger partial charge in [-0.3, -0.25) is 10.1 Å². The number of carbonyl (C=O) groups excluding carboxylic acids is 1. The van der Waals surface area contributed by atoms with Gasteiger partial charge in [0.15, 0.2) is 5.89 Å². The molecule has 0 spiro atoms. The van der Waals surface area contributed by atoms with Gasteiger partial charge < -0.3 is 24.3 Å². The fourth-order valence-electron chi connectivity index (χ4n) is 4.30. The number of oxazole rings is 1. The molecule has 4 heterocycles. The Morgan fingerprint density at radius 2 is 1.97 bits per heavy atom. The summed E-state index contributed by atoms with van der Waals surface area (Å²) in [7, 11) is 2.07. The highest BCUT2D eigenvalue weighted by atomic mass is 19.4. The van der Waals surface area contributed by atoms with E-state index >= 15 is 0 Å². The molecule has 36 heavy (non-hydrogen) atoms. The number of rotatable bonds is 8. The number of carbonyl (C=O) groups is 1. The van der Waals surface area contributed by atoms with Crippen molar-refractivity contribution in [3.63, 3.8) is 0 Å². The molecule has 2 aliphatic heterocycles. The minimum absolute atomic E-state index is 0.0282. The zero-order valence-corrected chi connectivity index (χ0v) is 20.5. The summed E-state index contributed by atoms with van der Waals surface area (Å²) in [5.41, 5.74) is -0.373.